The second-order valence-corrected chi connectivity index (χ2v) is 4.97. The fraction of sp³-hybridized carbons (Fsp3) is 0.357. The van der Waals surface area contributed by atoms with Gasteiger partial charge in [-0.3, -0.25) is 4.68 Å². The molecule has 0 aliphatic carbocycles. The zero-order valence-corrected chi connectivity index (χ0v) is 11.5. The Morgan fingerprint density at radius 2 is 2.11 bits per heavy atom. The van der Waals surface area contributed by atoms with Crippen molar-refractivity contribution in [1.29, 1.82) is 0 Å². The highest BCUT2D eigenvalue weighted by Gasteiger charge is 2.15. The van der Waals surface area contributed by atoms with Gasteiger partial charge in [0.15, 0.2) is 0 Å². The number of aromatic nitrogens is 2. The van der Waals surface area contributed by atoms with E-state index in [-0.39, 0.29) is 5.92 Å². The Hall–Kier alpha value is -1.32. The van der Waals surface area contributed by atoms with Crippen LogP contribution >= 0.6 is 11.6 Å². The first-order valence-electron chi connectivity index (χ1n) is 6.06. The van der Waals surface area contributed by atoms with Gasteiger partial charge in [0, 0.05) is 23.7 Å². The molecule has 3 nitrogen and oxygen atoms in total. The maximum atomic E-state index is 6.23. The summed E-state index contributed by atoms with van der Waals surface area (Å²) in [5, 5.41) is 5.14. The molecular weight excluding hydrogens is 246 g/mol. The van der Waals surface area contributed by atoms with Crippen molar-refractivity contribution in [3.63, 3.8) is 0 Å². The van der Waals surface area contributed by atoms with E-state index in [1.54, 1.807) is 0 Å². The van der Waals surface area contributed by atoms with Gasteiger partial charge in [0.2, 0.25) is 0 Å². The van der Waals surface area contributed by atoms with Crippen molar-refractivity contribution in [2.24, 2.45) is 12.8 Å². The maximum Gasteiger partial charge on any atom is 0.0596 e. The molecule has 0 aliphatic rings. The van der Waals surface area contributed by atoms with Crippen LogP contribution in [0.4, 0.5) is 0 Å². The third-order valence-electron chi connectivity index (χ3n) is 3.18. The van der Waals surface area contributed by atoms with E-state index in [1.165, 1.54) is 5.69 Å². The van der Waals surface area contributed by atoms with E-state index >= 15 is 0 Å². The first kappa shape index (κ1) is 13.1. The molecule has 2 aromatic rings. The summed E-state index contributed by atoms with van der Waals surface area (Å²) in [6.07, 6.45) is 0.859. The van der Waals surface area contributed by atoms with Crippen molar-refractivity contribution in [2.75, 3.05) is 6.54 Å². The fourth-order valence-corrected chi connectivity index (χ4v) is 2.52. The van der Waals surface area contributed by atoms with E-state index in [0.717, 1.165) is 22.7 Å². The standard InChI is InChI=1S/C14H18ClN3/c1-10-7-12(18(2)17-10)8-11(9-16)13-5-3-4-6-14(13)15/h3-7,11H,8-9,16H2,1-2H3. The Balaban J connectivity index is 2.25. The second-order valence-electron chi connectivity index (χ2n) is 4.56. The van der Waals surface area contributed by atoms with Gasteiger partial charge >= 0.3 is 0 Å². The molecule has 0 saturated heterocycles. The molecule has 0 saturated carbocycles. The molecular formula is C14H18ClN3. The molecule has 0 fully saturated rings. The van der Waals surface area contributed by atoms with Gasteiger partial charge in [-0.25, -0.2) is 0 Å². The number of nitrogens with zero attached hydrogens (tertiary/aromatic N) is 2. The van der Waals surface area contributed by atoms with Crippen molar-refractivity contribution in [3.05, 3.63) is 52.3 Å². The van der Waals surface area contributed by atoms with Crippen molar-refractivity contribution in [1.82, 2.24) is 9.78 Å². The molecule has 0 amide bonds. The average molecular weight is 264 g/mol. The van der Waals surface area contributed by atoms with E-state index in [2.05, 4.69) is 11.2 Å². The smallest absolute Gasteiger partial charge is 0.0596 e. The summed E-state index contributed by atoms with van der Waals surface area (Å²) >= 11 is 6.23. The van der Waals surface area contributed by atoms with Crippen LogP contribution in [0.2, 0.25) is 5.02 Å². The first-order valence-corrected chi connectivity index (χ1v) is 6.43. The zero-order valence-electron chi connectivity index (χ0n) is 10.7. The third kappa shape index (κ3) is 2.74. The predicted octanol–water partition coefficient (Wildman–Crippen LogP) is 2.67. The number of hydrogen-bond donors (Lipinski definition) is 1. The Bertz CT molecular complexity index is 534. The minimum atomic E-state index is 0.230. The lowest BCUT2D eigenvalue weighted by molar-refractivity contribution is 0.629. The number of benzene rings is 1. The summed E-state index contributed by atoms with van der Waals surface area (Å²) in [5.41, 5.74) is 9.21. The number of hydrogen-bond acceptors (Lipinski definition) is 2. The summed E-state index contributed by atoms with van der Waals surface area (Å²) in [4.78, 5) is 0. The van der Waals surface area contributed by atoms with Gasteiger partial charge in [0.1, 0.15) is 0 Å². The molecule has 96 valence electrons. The quantitative estimate of drug-likeness (QED) is 0.922. The normalized spacial score (nSPS) is 12.7. The van der Waals surface area contributed by atoms with Crippen molar-refractivity contribution in [2.45, 2.75) is 19.3 Å². The highest BCUT2D eigenvalue weighted by atomic mass is 35.5. The molecule has 1 aromatic carbocycles. The van der Waals surface area contributed by atoms with Gasteiger partial charge in [0.05, 0.1) is 5.69 Å². The number of halogens is 1. The lowest BCUT2D eigenvalue weighted by atomic mass is 9.94. The first-order chi connectivity index (χ1) is 8.61. The molecule has 0 aliphatic heterocycles. The van der Waals surface area contributed by atoms with E-state index < -0.39 is 0 Å². The summed E-state index contributed by atoms with van der Waals surface area (Å²) in [6.45, 7) is 2.57. The van der Waals surface area contributed by atoms with Crippen molar-refractivity contribution in [3.8, 4) is 0 Å². The molecule has 2 rings (SSSR count). The summed E-state index contributed by atoms with van der Waals surface area (Å²) in [6, 6.07) is 9.99. The van der Waals surface area contributed by atoms with E-state index in [4.69, 9.17) is 17.3 Å². The zero-order chi connectivity index (χ0) is 13.1. The van der Waals surface area contributed by atoms with Crippen LogP contribution in [-0.4, -0.2) is 16.3 Å². The van der Waals surface area contributed by atoms with E-state index in [9.17, 15) is 0 Å². The molecule has 1 heterocycles. The highest BCUT2D eigenvalue weighted by molar-refractivity contribution is 6.31. The molecule has 18 heavy (non-hydrogen) atoms. The molecule has 1 atom stereocenters. The molecule has 2 N–H and O–H groups in total. The van der Waals surface area contributed by atoms with Gasteiger partial charge in [-0.15, -0.1) is 0 Å². The second kappa shape index (κ2) is 5.55. The van der Waals surface area contributed by atoms with Crippen molar-refractivity contribution < 1.29 is 0 Å². The van der Waals surface area contributed by atoms with Crippen LogP contribution in [0.5, 0.6) is 0 Å². The van der Waals surface area contributed by atoms with Crippen LogP contribution in [0.3, 0.4) is 0 Å². The summed E-state index contributed by atoms with van der Waals surface area (Å²) < 4.78 is 1.91. The number of aryl methyl sites for hydroxylation is 2. The van der Waals surface area contributed by atoms with Crippen LogP contribution in [0, 0.1) is 6.92 Å². The average Bonchev–Trinajstić information content (AvgIpc) is 2.66. The molecule has 0 spiro atoms. The highest BCUT2D eigenvalue weighted by Crippen LogP contribution is 2.26. The van der Waals surface area contributed by atoms with Gasteiger partial charge in [0.25, 0.3) is 0 Å². The number of nitrogens with two attached hydrogens (primary N) is 1. The van der Waals surface area contributed by atoms with Crippen LogP contribution < -0.4 is 5.73 Å². The van der Waals surface area contributed by atoms with Gasteiger partial charge in [-0.1, -0.05) is 29.8 Å². The minimum absolute atomic E-state index is 0.230. The van der Waals surface area contributed by atoms with Gasteiger partial charge in [-0.2, -0.15) is 5.10 Å². The van der Waals surface area contributed by atoms with Gasteiger partial charge < -0.3 is 5.73 Å². The molecule has 1 unspecified atom stereocenters. The maximum absolute atomic E-state index is 6.23. The van der Waals surface area contributed by atoms with E-state index in [0.29, 0.717) is 6.54 Å². The fourth-order valence-electron chi connectivity index (χ4n) is 2.23. The predicted molar refractivity (Wildman–Crippen MR) is 74.9 cm³/mol. The van der Waals surface area contributed by atoms with Crippen LogP contribution in [0.1, 0.15) is 22.9 Å². The molecule has 4 heteroatoms. The van der Waals surface area contributed by atoms with Crippen LogP contribution in [-0.2, 0) is 13.5 Å². The van der Waals surface area contributed by atoms with Crippen LogP contribution in [0.25, 0.3) is 0 Å². The Morgan fingerprint density at radius 3 is 2.67 bits per heavy atom. The number of rotatable bonds is 4. The topological polar surface area (TPSA) is 43.8 Å². The van der Waals surface area contributed by atoms with Crippen molar-refractivity contribution >= 4 is 11.6 Å². The SMILES string of the molecule is Cc1cc(CC(CN)c2ccccc2Cl)n(C)n1. The lowest BCUT2D eigenvalue weighted by Gasteiger charge is -2.16. The monoisotopic (exact) mass is 263 g/mol. The Labute approximate surface area is 113 Å². The lowest BCUT2D eigenvalue weighted by Crippen LogP contribution is -2.17. The Morgan fingerprint density at radius 1 is 1.39 bits per heavy atom. The van der Waals surface area contributed by atoms with Crippen LogP contribution in [0.15, 0.2) is 30.3 Å². The molecule has 0 radical (unpaired) electrons. The summed E-state index contributed by atoms with van der Waals surface area (Å²) in [7, 11) is 1.96. The third-order valence-corrected chi connectivity index (χ3v) is 3.53. The largest absolute Gasteiger partial charge is 0.330 e. The Kier molecular flexibility index (Phi) is 4.04. The summed E-state index contributed by atoms with van der Waals surface area (Å²) in [5.74, 6) is 0.230. The minimum Gasteiger partial charge on any atom is -0.330 e. The van der Waals surface area contributed by atoms with Gasteiger partial charge in [-0.05, 0) is 37.6 Å². The molecule has 0 bridgehead atoms. The molecule has 1 aromatic heterocycles. The van der Waals surface area contributed by atoms with E-state index in [1.807, 2.05) is 42.9 Å².